The van der Waals surface area contributed by atoms with Crippen LogP contribution in [0.25, 0.3) is 11.5 Å². The van der Waals surface area contributed by atoms with Crippen molar-refractivity contribution in [2.75, 3.05) is 14.2 Å². The van der Waals surface area contributed by atoms with E-state index in [1.54, 1.807) is 53.2 Å². The van der Waals surface area contributed by atoms with Crippen LogP contribution in [0.5, 0.6) is 11.5 Å². The smallest absolute Gasteiger partial charge is 0.321 e. The molecule has 0 aliphatic rings. The third-order valence-electron chi connectivity index (χ3n) is 3.31. The summed E-state index contributed by atoms with van der Waals surface area (Å²) in [4.78, 5) is 23.7. The molecule has 3 amide bonds. The zero-order valence-electron chi connectivity index (χ0n) is 15.7. The van der Waals surface area contributed by atoms with Crippen molar-refractivity contribution in [3.05, 3.63) is 18.2 Å². The number of hydrogen-bond acceptors (Lipinski definition) is 8. The molecule has 2 aromatic rings. The molecule has 9 nitrogen and oxygen atoms in total. The number of nitrogens with one attached hydrogen (secondary N) is 2. The van der Waals surface area contributed by atoms with Crippen molar-refractivity contribution in [2.45, 2.75) is 37.3 Å². The number of aromatic nitrogens is 2. The second kappa shape index (κ2) is 9.26. The van der Waals surface area contributed by atoms with Crippen LogP contribution in [0, 0.1) is 0 Å². The predicted molar refractivity (Wildman–Crippen MR) is 100.0 cm³/mol. The van der Waals surface area contributed by atoms with E-state index < -0.39 is 17.2 Å². The van der Waals surface area contributed by atoms with Crippen molar-refractivity contribution >= 4 is 23.7 Å². The van der Waals surface area contributed by atoms with E-state index in [1.165, 1.54) is 0 Å². The number of rotatable bonds is 7. The summed E-state index contributed by atoms with van der Waals surface area (Å²) in [6, 6.07) is 4.58. The fraction of sp³-hybridized carbons (Fsp3) is 0.412. The van der Waals surface area contributed by atoms with E-state index >= 15 is 0 Å². The molecule has 2 N–H and O–H groups in total. The van der Waals surface area contributed by atoms with Crippen molar-refractivity contribution in [1.29, 1.82) is 0 Å². The molecule has 0 unspecified atom stereocenters. The van der Waals surface area contributed by atoms with Gasteiger partial charge in [0.25, 0.3) is 5.22 Å². The van der Waals surface area contributed by atoms with E-state index in [9.17, 15) is 9.59 Å². The number of imide groups is 1. The molecule has 146 valence electrons. The van der Waals surface area contributed by atoms with Gasteiger partial charge in [0.15, 0.2) is 0 Å². The lowest BCUT2D eigenvalue weighted by Crippen LogP contribution is -2.45. The molecular weight excluding hydrogens is 372 g/mol. The summed E-state index contributed by atoms with van der Waals surface area (Å²) in [6.07, 6.45) is 0. The first-order valence-electron chi connectivity index (χ1n) is 8.17. The number of ether oxygens (including phenoxy) is 2. The molecule has 1 atom stereocenters. The van der Waals surface area contributed by atoms with Crippen LogP contribution in [0.15, 0.2) is 27.8 Å². The molecule has 1 aromatic carbocycles. The van der Waals surface area contributed by atoms with Gasteiger partial charge in [-0.3, -0.25) is 10.1 Å². The summed E-state index contributed by atoms with van der Waals surface area (Å²) in [5.74, 6) is 0.974. The van der Waals surface area contributed by atoms with Gasteiger partial charge in [-0.2, -0.15) is 0 Å². The highest BCUT2D eigenvalue weighted by atomic mass is 32.2. The Kier molecular flexibility index (Phi) is 7.05. The molecule has 27 heavy (non-hydrogen) atoms. The SMILES string of the molecule is COc1cc(OC)cc(-c2nnc(S[C@H](C)C(=O)NC(=O)NC(C)C)o2)c1. The van der Waals surface area contributed by atoms with E-state index in [4.69, 9.17) is 13.9 Å². The van der Waals surface area contributed by atoms with Crippen molar-refractivity contribution in [2.24, 2.45) is 0 Å². The highest BCUT2D eigenvalue weighted by Crippen LogP contribution is 2.31. The summed E-state index contributed by atoms with van der Waals surface area (Å²) in [5, 5.41) is 12.4. The number of carbonyl (C=O) groups excluding carboxylic acids is 2. The number of methoxy groups -OCH3 is 2. The van der Waals surface area contributed by atoms with Gasteiger partial charge in [-0.25, -0.2) is 4.79 Å². The quantitative estimate of drug-likeness (QED) is 0.688. The van der Waals surface area contributed by atoms with Crippen LogP contribution in [0.4, 0.5) is 4.79 Å². The average Bonchev–Trinajstić information content (AvgIpc) is 3.08. The Morgan fingerprint density at radius 2 is 1.70 bits per heavy atom. The molecule has 10 heteroatoms. The van der Waals surface area contributed by atoms with Crippen molar-refractivity contribution in [3.63, 3.8) is 0 Å². The van der Waals surface area contributed by atoms with E-state index in [0.29, 0.717) is 17.1 Å². The molecule has 0 saturated carbocycles. The molecule has 1 heterocycles. The summed E-state index contributed by atoms with van der Waals surface area (Å²) in [5.41, 5.74) is 0.624. The largest absolute Gasteiger partial charge is 0.497 e. The molecule has 0 saturated heterocycles. The van der Waals surface area contributed by atoms with Crippen LogP contribution in [-0.2, 0) is 4.79 Å². The van der Waals surface area contributed by atoms with E-state index in [1.807, 2.05) is 0 Å². The second-order valence-electron chi connectivity index (χ2n) is 5.85. The average molecular weight is 394 g/mol. The van der Waals surface area contributed by atoms with Crippen LogP contribution in [-0.4, -0.2) is 47.6 Å². The minimum Gasteiger partial charge on any atom is -0.497 e. The number of hydrogen-bond donors (Lipinski definition) is 2. The topological polar surface area (TPSA) is 116 Å². The maximum atomic E-state index is 12.1. The number of urea groups is 1. The normalized spacial score (nSPS) is 11.8. The van der Waals surface area contributed by atoms with Gasteiger partial charge in [-0.1, -0.05) is 11.8 Å². The maximum absolute atomic E-state index is 12.1. The van der Waals surface area contributed by atoms with Crippen LogP contribution >= 0.6 is 11.8 Å². The number of carbonyl (C=O) groups is 2. The first kappa shape index (κ1) is 20.6. The van der Waals surface area contributed by atoms with Crippen molar-refractivity contribution in [3.8, 4) is 23.0 Å². The van der Waals surface area contributed by atoms with Gasteiger partial charge in [0.2, 0.25) is 11.8 Å². The molecule has 0 aliphatic heterocycles. The van der Waals surface area contributed by atoms with Crippen molar-refractivity contribution in [1.82, 2.24) is 20.8 Å². The predicted octanol–water partition coefficient (Wildman–Crippen LogP) is 2.47. The molecule has 2 rings (SSSR count). The fourth-order valence-electron chi connectivity index (χ4n) is 2.02. The molecule has 0 fully saturated rings. The van der Waals surface area contributed by atoms with Gasteiger partial charge >= 0.3 is 6.03 Å². The summed E-state index contributed by atoms with van der Waals surface area (Å²) >= 11 is 1.05. The molecule has 0 radical (unpaired) electrons. The summed E-state index contributed by atoms with van der Waals surface area (Å²) < 4.78 is 16.0. The van der Waals surface area contributed by atoms with Gasteiger partial charge in [-0.05, 0) is 32.9 Å². The molecule has 0 bridgehead atoms. The highest BCUT2D eigenvalue weighted by molar-refractivity contribution is 8.00. The van der Waals surface area contributed by atoms with Gasteiger partial charge in [0.05, 0.1) is 19.5 Å². The first-order chi connectivity index (χ1) is 12.8. The zero-order chi connectivity index (χ0) is 20.0. The Morgan fingerprint density at radius 1 is 1.07 bits per heavy atom. The fourth-order valence-corrected chi connectivity index (χ4v) is 2.70. The Balaban J connectivity index is 2.05. The Hall–Kier alpha value is -2.75. The van der Waals surface area contributed by atoms with Crippen LogP contribution < -0.4 is 20.1 Å². The standard InChI is InChI=1S/C17H22N4O5S/c1-9(2)18-16(23)19-14(22)10(3)27-17-21-20-15(26-17)11-6-12(24-4)8-13(7-11)25-5/h6-10H,1-5H3,(H2,18,19,22,23)/t10-/m1/s1. The van der Waals surface area contributed by atoms with Crippen LogP contribution in [0.3, 0.4) is 0 Å². The second-order valence-corrected chi connectivity index (χ2v) is 7.14. The molecule has 0 spiro atoms. The third kappa shape index (κ3) is 5.88. The van der Waals surface area contributed by atoms with E-state index in [0.717, 1.165) is 11.8 Å². The Labute approximate surface area is 161 Å². The number of nitrogens with zero attached hydrogens (tertiary/aromatic N) is 2. The zero-order valence-corrected chi connectivity index (χ0v) is 16.5. The minimum atomic E-state index is -0.601. The first-order valence-corrected chi connectivity index (χ1v) is 9.05. The number of amides is 3. The molecule has 0 aliphatic carbocycles. The Bertz CT molecular complexity index is 786. The van der Waals surface area contributed by atoms with Gasteiger partial charge < -0.3 is 19.2 Å². The van der Waals surface area contributed by atoms with E-state index in [2.05, 4.69) is 20.8 Å². The Morgan fingerprint density at radius 3 is 2.26 bits per heavy atom. The molecular formula is C17H22N4O5S. The van der Waals surface area contributed by atoms with Gasteiger partial charge in [0, 0.05) is 17.7 Å². The van der Waals surface area contributed by atoms with Gasteiger partial charge in [0.1, 0.15) is 11.5 Å². The maximum Gasteiger partial charge on any atom is 0.321 e. The number of benzene rings is 1. The summed E-state index contributed by atoms with van der Waals surface area (Å²) in [6.45, 7) is 5.24. The van der Waals surface area contributed by atoms with Crippen LogP contribution in [0.2, 0.25) is 0 Å². The third-order valence-corrected chi connectivity index (χ3v) is 4.24. The monoisotopic (exact) mass is 394 g/mol. The minimum absolute atomic E-state index is 0.0703. The van der Waals surface area contributed by atoms with Crippen molar-refractivity contribution < 1.29 is 23.5 Å². The lowest BCUT2D eigenvalue weighted by molar-refractivity contribution is -0.119. The number of thioether (sulfide) groups is 1. The lowest BCUT2D eigenvalue weighted by Gasteiger charge is -2.11. The van der Waals surface area contributed by atoms with E-state index in [-0.39, 0.29) is 17.2 Å². The lowest BCUT2D eigenvalue weighted by atomic mass is 10.2. The van der Waals surface area contributed by atoms with Crippen LogP contribution in [0.1, 0.15) is 20.8 Å². The highest BCUT2D eigenvalue weighted by Gasteiger charge is 2.21. The molecule has 1 aromatic heterocycles. The summed E-state index contributed by atoms with van der Waals surface area (Å²) in [7, 11) is 3.09. The van der Waals surface area contributed by atoms with Gasteiger partial charge in [-0.15, -0.1) is 10.2 Å².